The monoisotopic (exact) mass is 435 g/mol. The van der Waals surface area contributed by atoms with Gasteiger partial charge in [0, 0.05) is 11.6 Å². The van der Waals surface area contributed by atoms with Gasteiger partial charge in [-0.1, -0.05) is 35.3 Å². The topological polar surface area (TPSA) is 84.2 Å². The molecule has 0 fully saturated rings. The predicted molar refractivity (Wildman–Crippen MR) is 109 cm³/mol. The number of hydrogen-bond donors (Lipinski definition) is 2. The summed E-state index contributed by atoms with van der Waals surface area (Å²) >= 11 is 12.0. The Morgan fingerprint density at radius 3 is 2.62 bits per heavy atom. The van der Waals surface area contributed by atoms with Gasteiger partial charge >= 0.3 is 0 Å². The van der Waals surface area contributed by atoms with Crippen molar-refractivity contribution in [2.24, 2.45) is 0 Å². The first-order chi connectivity index (χ1) is 13.8. The van der Waals surface area contributed by atoms with E-state index in [0.29, 0.717) is 10.6 Å². The van der Waals surface area contributed by atoms with Crippen LogP contribution in [0.1, 0.15) is 17.3 Å². The molecule has 6 nitrogen and oxygen atoms in total. The molecule has 3 aromatic rings. The maximum atomic E-state index is 13.7. The third kappa shape index (κ3) is 4.64. The van der Waals surface area contributed by atoms with Gasteiger partial charge in [-0.05, 0) is 43.3 Å². The molecule has 0 aliphatic rings. The van der Waals surface area contributed by atoms with Crippen molar-refractivity contribution in [3.05, 3.63) is 80.3 Å². The number of hydrogen-bond acceptors (Lipinski definition) is 4. The summed E-state index contributed by atoms with van der Waals surface area (Å²) < 4.78 is 14.6. The minimum Gasteiger partial charge on any atom is -0.394 e. The molecule has 1 amide bonds. The van der Waals surface area contributed by atoms with Gasteiger partial charge in [0.15, 0.2) is 0 Å². The first-order valence-electron chi connectivity index (χ1n) is 8.57. The fourth-order valence-corrected chi connectivity index (χ4v) is 2.88. The molecule has 29 heavy (non-hydrogen) atoms. The van der Waals surface area contributed by atoms with E-state index in [1.165, 1.54) is 24.3 Å². The SMILES string of the molecule is CC(CO)NC(=O)c1cc(-c2ccc(Cl)c(Cl)c2)nn(-c2cccc(F)c2)c1=O. The van der Waals surface area contributed by atoms with Crippen molar-refractivity contribution in [3.63, 3.8) is 0 Å². The zero-order chi connectivity index (χ0) is 21.1. The maximum Gasteiger partial charge on any atom is 0.284 e. The molecule has 0 radical (unpaired) electrons. The number of nitrogens with one attached hydrogen (secondary N) is 1. The van der Waals surface area contributed by atoms with Crippen LogP contribution in [0.4, 0.5) is 4.39 Å². The number of rotatable bonds is 5. The van der Waals surface area contributed by atoms with Gasteiger partial charge in [-0.25, -0.2) is 4.39 Å². The molecule has 150 valence electrons. The predicted octanol–water partition coefficient (Wildman–Crippen LogP) is 3.46. The van der Waals surface area contributed by atoms with Crippen LogP contribution in [-0.2, 0) is 0 Å². The normalized spacial score (nSPS) is 11.9. The second-order valence-corrected chi connectivity index (χ2v) is 7.14. The van der Waals surface area contributed by atoms with Gasteiger partial charge in [0.25, 0.3) is 11.5 Å². The fourth-order valence-electron chi connectivity index (χ4n) is 2.58. The van der Waals surface area contributed by atoms with Gasteiger partial charge in [0.05, 0.1) is 28.0 Å². The molecule has 0 saturated heterocycles. The lowest BCUT2D eigenvalue weighted by Crippen LogP contribution is -2.39. The molecule has 0 saturated carbocycles. The summed E-state index contributed by atoms with van der Waals surface area (Å²) in [5.41, 5.74) is -0.0307. The van der Waals surface area contributed by atoms with Crippen LogP contribution < -0.4 is 10.9 Å². The summed E-state index contributed by atoms with van der Waals surface area (Å²) in [4.78, 5) is 25.5. The van der Waals surface area contributed by atoms with Crippen molar-refractivity contribution in [2.45, 2.75) is 13.0 Å². The van der Waals surface area contributed by atoms with Crippen molar-refractivity contribution >= 4 is 29.1 Å². The van der Waals surface area contributed by atoms with Crippen molar-refractivity contribution < 1.29 is 14.3 Å². The van der Waals surface area contributed by atoms with Crippen LogP contribution in [0.15, 0.2) is 53.3 Å². The number of aromatic nitrogens is 2. The Kier molecular flexibility index (Phi) is 6.32. The Morgan fingerprint density at radius 2 is 1.97 bits per heavy atom. The maximum absolute atomic E-state index is 13.7. The van der Waals surface area contributed by atoms with E-state index < -0.39 is 23.3 Å². The number of benzene rings is 2. The molecule has 0 aliphatic carbocycles. The summed E-state index contributed by atoms with van der Waals surface area (Å²) in [6.07, 6.45) is 0. The van der Waals surface area contributed by atoms with Gasteiger partial charge in [-0.3, -0.25) is 9.59 Å². The molecule has 1 unspecified atom stereocenters. The molecule has 0 bridgehead atoms. The second kappa shape index (κ2) is 8.73. The first kappa shape index (κ1) is 21.0. The summed E-state index contributed by atoms with van der Waals surface area (Å²) in [6, 6.07) is 10.8. The standard InChI is InChI=1S/C20H16Cl2FN3O3/c1-11(10-27)24-19(28)15-9-18(12-5-6-16(21)17(22)7-12)25-26(20(15)29)14-4-2-3-13(23)8-14/h2-9,11,27H,10H2,1H3,(H,24,28). The first-order valence-corrected chi connectivity index (χ1v) is 9.33. The third-order valence-electron chi connectivity index (χ3n) is 4.08. The van der Waals surface area contributed by atoms with Crippen LogP contribution in [0.3, 0.4) is 0 Å². The highest BCUT2D eigenvalue weighted by Gasteiger charge is 2.19. The average Bonchev–Trinajstić information content (AvgIpc) is 2.70. The number of aliphatic hydroxyl groups is 1. The molecular formula is C20H16Cl2FN3O3. The Morgan fingerprint density at radius 1 is 1.21 bits per heavy atom. The molecule has 9 heteroatoms. The molecular weight excluding hydrogens is 420 g/mol. The Labute approximate surface area is 175 Å². The largest absolute Gasteiger partial charge is 0.394 e. The Bertz CT molecular complexity index is 1130. The molecule has 2 N–H and O–H groups in total. The van der Waals surface area contributed by atoms with Crippen LogP contribution in [0.5, 0.6) is 0 Å². The van der Waals surface area contributed by atoms with Crippen LogP contribution >= 0.6 is 23.2 Å². The number of halogens is 3. The van der Waals surface area contributed by atoms with E-state index in [1.807, 2.05) is 0 Å². The highest BCUT2D eigenvalue weighted by Crippen LogP contribution is 2.27. The third-order valence-corrected chi connectivity index (χ3v) is 4.81. The molecule has 3 rings (SSSR count). The van der Waals surface area contributed by atoms with E-state index in [1.54, 1.807) is 25.1 Å². The van der Waals surface area contributed by atoms with Crippen molar-refractivity contribution in [1.82, 2.24) is 15.1 Å². The van der Waals surface area contributed by atoms with E-state index in [4.69, 9.17) is 23.2 Å². The van der Waals surface area contributed by atoms with Gasteiger partial charge in [0.2, 0.25) is 0 Å². The summed E-state index contributed by atoms with van der Waals surface area (Å²) in [6.45, 7) is 1.29. The quantitative estimate of drug-likeness (QED) is 0.642. The highest BCUT2D eigenvalue weighted by molar-refractivity contribution is 6.42. The van der Waals surface area contributed by atoms with E-state index >= 15 is 0 Å². The van der Waals surface area contributed by atoms with E-state index in [-0.39, 0.29) is 28.6 Å². The van der Waals surface area contributed by atoms with E-state index in [2.05, 4.69) is 10.4 Å². The molecule has 1 atom stereocenters. The zero-order valence-corrected chi connectivity index (χ0v) is 16.7. The zero-order valence-electron chi connectivity index (χ0n) is 15.2. The number of carbonyl (C=O) groups excluding carboxylic acids is 1. The van der Waals surface area contributed by atoms with Gasteiger partial charge in [-0.2, -0.15) is 9.78 Å². The molecule has 1 heterocycles. The number of aliphatic hydroxyl groups excluding tert-OH is 1. The van der Waals surface area contributed by atoms with E-state index in [9.17, 15) is 19.1 Å². The second-order valence-electron chi connectivity index (χ2n) is 6.33. The lowest BCUT2D eigenvalue weighted by Gasteiger charge is -2.14. The minimum absolute atomic E-state index is 0.154. The number of amides is 1. The summed E-state index contributed by atoms with van der Waals surface area (Å²) in [7, 11) is 0. The van der Waals surface area contributed by atoms with Gasteiger partial charge < -0.3 is 10.4 Å². The van der Waals surface area contributed by atoms with Gasteiger partial charge in [-0.15, -0.1) is 0 Å². The van der Waals surface area contributed by atoms with Crippen LogP contribution in [0, 0.1) is 5.82 Å². The van der Waals surface area contributed by atoms with Crippen molar-refractivity contribution in [2.75, 3.05) is 6.61 Å². The Hall–Kier alpha value is -2.74. The smallest absolute Gasteiger partial charge is 0.284 e. The molecule has 0 spiro atoms. The van der Waals surface area contributed by atoms with E-state index in [0.717, 1.165) is 10.7 Å². The summed E-state index contributed by atoms with van der Waals surface area (Å²) in [5, 5.41) is 16.6. The van der Waals surface area contributed by atoms with Crippen LogP contribution in [-0.4, -0.2) is 33.4 Å². The molecule has 0 aliphatic heterocycles. The average molecular weight is 436 g/mol. The highest BCUT2D eigenvalue weighted by atomic mass is 35.5. The Balaban J connectivity index is 2.22. The number of nitrogens with zero attached hydrogens (tertiary/aromatic N) is 2. The van der Waals surface area contributed by atoms with Crippen LogP contribution in [0.25, 0.3) is 16.9 Å². The van der Waals surface area contributed by atoms with Crippen molar-refractivity contribution in [1.29, 1.82) is 0 Å². The van der Waals surface area contributed by atoms with Gasteiger partial charge in [0.1, 0.15) is 11.4 Å². The molecule has 2 aromatic carbocycles. The van der Waals surface area contributed by atoms with Crippen LogP contribution in [0.2, 0.25) is 10.0 Å². The lowest BCUT2D eigenvalue weighted by atomic mass is 10.1. The molecule has 1 aromatic heterocycles. The van der Waals surface area contributed by atoms with Crippen molar-refractivity contribution in [3.8, 4) is 16.9 Å². The summed E-state index contributed by atoms with van der Waals surface area (Å²) in [5.74, 6) is -1.25. The fraction of sp³-hybridized carbons (Fsp3) is 0.150. The minimum atomic E-state index is -0.734. The number of carbonyl (C=O) groups is 1. The lowest BCUT2D eigenvalue weighted by molar-refractivity contribution is 0.0920.